The van der Waals surface area contributed by atoms with Crippen molar-refractivity contribution in [3.63, 3.8) is 0 Å². The average molecular weight is 553 g/mol. The lowest BCUT2D eigenvalue weighted by molar-refractivity contribution is -0.128. The molecule has 0 aromatic heterocycles. The zero-order valence-electron chi connectivity index (χ0n) is 24.7. The summed E-state index contributed by atoms with van der Waals surface area (Å²) in [6.07, 6.45) is 5.39. The Hall–Kier alpha value is -3.81. The van der Waals surface area contributed by atoms with Crippen LogP contribution in [-0.2, 0) is 16.0 Å². The lowest BCUT2D eigenvalue weighted by Crippen LogP contribution is -2.38. The number of ketones is 3. The topological polar surface area (TPSA) is 141 Å². The molecule has 40 heavy (non-hydrogen) atoms. The highest BCUT2D eigenvalue weighted by atomic mass is 16.5. The molecule has 1 atom stereocenters. The van der Waals surface area contributed by atoms with Gasteiger partial charge in [-0.1, -0.05) is 39.3 Å². The lowest BCUT2D eigenvalue weighted by atomic mass is 9.72. The van der Waals surface area contributed by atoms with Gasteiger partial charge in [-0.05, 0) is 46.8 Å². The van der Waals surface area contributed by atoms with Crippen molar-refractivity contribution >= 4 is 23.4 Å². The number of phenols is 2. The van der Waals surface area contributed by atoms with Crippen molar-refractivity contribution in [3.8, 4) is 17.2 Å². The normalized spacial score (nSPS) is 20.1. The van der Waals surface area contributed by atoms with Crippen LogP contribution >= 0.6 is 0 Å². The SMILES string of the molecule is CC(C)=CCC1(C)C=Cc2c(O)c(CC3=C(O)C(C)(C)C(=O)C(C(=O)C(C)C)=C3O)c(O)c(C(=O)C(C)C)c2O1. The molecule has 0 saturated carbocycles. The van der Waals surface area contributed by atoms with E-state index in [1.165, 1.54) is 13.8 Å². The molecule has 0 saturated heterocycles. The van der Waals surface area contributed by atoms with Gasteiger partial charge in [0.2, 0.25) is 0 Å². The zero-order chi connectivity index (χ0) is 30.5. The molecule has 1 unspecified atom stereocenters. The number of rotatable bonds is 8. The number of phenolic OH excluding ortho intramolecular Hbond substituents is 2. The maximum Gasteiger partial charge on any atom is 0.183 e. The van der Waals surface area contributed by atoms with Gasteiger partial charge in [0, 0.05) is 35.8 Å². The smallest absolute Gasteiger partial charge is 0.183 e. The maximum atomic E-state index is 13.4. The largest absolute Gasteiger partial charge is 0.511 e. The Balaban J connectivity index is 2.30. The zero-order valence-corrected chi connectivity index (χ0v) is 24.7. The van der Waals surface area contributed by atoms with Gasteiger partial charge in [-0.2, -0.15) is 0 Å². The second-order valence-corrected chi connectivity index (χ2v) is 12.2. The number of aliphatic hydroxyl groups is 2. The monoisotopic (exact) mass is 552 g/mol. The summed E-state index contributed by atoms with van der Waals surface area (Å²) < 4.78 is 6.26. The van der Waals surface area contributed by atoms with Gasteiger partial charge in [-0.3, -0.25) is 14.4 Å². The van der Waals surface area contributed by atoms with Crippen LogP contribution in [0.2, 0.25) is 0 Å². The minimum atomic E-state index is -1.55. The summed E-state index contributed by atoms with van der Waals surface area (Å²) in [5.41, 5.74) is -2.07. The molecule has 1 aliphatic heterocycles. The lowest BCUT2D eigenvalue weighted by Gasteiger charge is -2.34. The number of hydrogen-bond acceptors (Lipinski definition) is 8. The molecule has 1 aliphatic carbocycles. The number of ether oxygens (including phenoxy) is 1. The summed E-state index contributed by atoms with van der Waals surface area (Å²) >= 11 is 0. The first-order chi connectivity index (χ1) is 18.4. The van der Waals surface area contributed by atoms with Crippen molar-refractivity contribution in [2.45, 2.75) is 80.8 Å². The molecule has 4 N–H and O–H groups in total. The second kappa shape index (κ2) is 10.6. The average Bonchev–Trinajstić information content (AvgIpc) is 2.86. The number of carbonyl (C=O) groups excluding carboxylic acids is 3. The number of allylic oxidation sites excluding steroid dienone is 4. The third kappa shape index (κ3) is 5.19. The fourth-order valence-electron chi connectivity index (χ4n) is 4.79. The molecule has 8 heteroatoms. The summed E-state index contributed by atoms with van der Waals surface area (Å²) in [6, 6.07) is 0. The fourth-order valence-corrected chi connectivity index (χ4v) is 4.79. The van der Waals surface area contributed by atoms with Crippen LogP contribution in [0.5, 0.6) is 17.2 Å². The molecule has 1 aromatic rings. The van der Waals surface area contributed by atoms with E-state index in [1.54, 1.807) is 39.8 Å². The van der Waals surface area contributed by atoms with E-state index in [1.807, 2.05) is 26.8 Å². The number of benzene rings is 1. The standard InChI is InChI=1S/C32H40O8/c1-15(2)10-12-32(9)13-11-18-25(35)19(26(36)21(28(18)40-32)23(33)16(3)4)14-20-27(37)22(24(34)17(5)6)30(39)31(7,8)29(20)38/h10-11,13,16-17,35-38H,12,14H2,1-9H3. The highest BCUT2D eigenvalue weighted by molar-refractivity contribution is 6.24. The number of Topliss-reactive ketones (excluding diaryl/α,β-unsaturated/α-hetero) is 3. The first-order valence-corrected chi connectivity index (χ1v) is 13.5. The van der Waals surface area contributed by atoms with E-state index in [4.69, 9.17) is 4.74 Å². The molecular formula is C32H40O8. The molecule has 3 rings (SSSR count). The van der Waals surface area contributed by atoms with Crippen molar-refractivity contribution in [3.05, 3.63) is 57.1 Å². The number of aromatic hydroxyl groups is 2. The van der Waals surface area contributed by atoms with E-state index in [9.17, 15) is 34.8 Å². The molecule has 8 nitrogen and oxygen atoms in total. The first-order valence-electron chi connectivity index (χ1n) is 13.5. The third-order valence-corrected chi connectivity index (χ3v) is 7.48. The molecular weight excluding hydrogens is 512 g/mol. The second-order valence-electron chi connectivity index (χ2n) is 12.2. The van der Waals surface area contributed by atoms with Gasteiger partial charge >= 0.3 is 0 Å². The molecule has 216 valence electrons. The van der Waals surface area contributed by atoms with Gasteiger partial charge in [0.05, 0.1) is 11.0 Å². The van der Waals surface area contributed by atoms with Crippen molar-refractivity contribution in [2.75, 3.05) is 0 Å². The number of carbonyl (C=O) groups is 3. The number of hydrogen-bond donors (Lipinski definition) is 4. The van der Waals surface area contributed by atoms with E-state index in [0.717, 1.165) is 5.57 Å². The van der Waals surface area contributed by atoms with E-state index >= 15 is 0 Å². The predicted octanol–water partition coefficient (Wildman–Crippen LogP) is 6.46. The Morgan fingerprint density at radius 3 is 2.05 bits per heavy atom. The van der Waals surface area contributed by atoms with Gasteiger partial charge < -0.3 is 25.2 Å². The molecule has 2 aliphatic rings. The van der Waals surface area contributed by atoms with Gasteiger partial charge in [0.15, 0.2) is 17.3 Å². The van der Waals surface area contributed by atoms with E-state index < -0.39 is 75.2 Å². The molecule has 0 radical (unpaired) electrons. The summed E-state index contributed by atoms with van der Waals surface area (Å²) in [6.45, 7) is 15.1. The van der Waals surface area contributed by atoms with Gasteiger partial charge in [-0.25, -0.2) is 0 Å². The van der Waals surface area contributed by atoms with Gasteiger partial charge in [0.25, 0.3) is 0 Å². The summed E-state index contributed by atoms with van der Waals surface area (Å²) in [7, 11) is 0. The number of aliphatic hydroxyl groups excluding tert-OH is 2. The van der Waals surface area contributed by atoms with Crippen molar-refractivity contribution < 1.29 is 39.5 Å². The minimum Gasteiger partial charge on any atom is -0.511 e. The summed E-state index contributed by atoms with van der Waals surface area (Å²) in [5, 5.41) is 45.0. The van der Waals surface area contributed by atoms with E-state index in [-0.39, 0.29) is 28.0 Å². The predicted molar refractivity (Wildman–Crippen MR) is 153 cm³/mol. The Morgan fingerprint density at radius 1 is 0.950 bits per heavy atom. The van der Waals surface area contributed by atoms with Crippen molar-refractivity contribution in [1.29, 1.82) is 0 Å². The molecule has 0 fully saturated rings. The van der Waals surface area contributed by atoms with Crippen LogP contribution < -0.4 is 4.74 Å². The van der Waals surface area contributed by atoms with Crippen LogP contribution in [0.3, 0.4) is 0 Å². The van der Waals surface area contributed by atoms with Crippen LogP contribution in [0.15, 0.2) is 40.4 Å². The van der Waals surface area contributed by atoms with E-state index in [0.29, 0.717) is 6.42 Å². The molecule has 1 aromatic carbocycles. The Labute approximate surface area is 235 Å². The maximum absolute atomic E-state index is 13.4. The van der Waals surface area contributed by atoms with Gasteiger partial charge in [-0.15, -0.1) is 0 Å². The number of fused-ring (bicyclic) bond motifs is 1. The molecule has 0 amide bonds. The highest BCUT2D eigenvalue weighted by Gasteiger charge is 2.46. The highest BCUT2D eigenvalue weighted by Crippen LogP contribution is 2.50. The quantitative estimate of drug-likeness (QED) is 0.164. The Kier molecular flexibility index (Phi) is 8.17. The van der Waals surface area contributed by atoms with Crippen LogP contribution in [0.25, 0.3) is 6.08 Å². The molecule has 0 bridgehead atoms. The molecule has 0 spiro atoms. The minimum absolute atomic E-state index is 0.0393. The van der Waals surface area contributed by atoms with Crippen LogP contribution in [-0.4, -0.2) is 43.4 Å². The third-order valence-electron chi connectivity index (χ3n) is 7.48. The van der Waals surface area contributed by atoms with Gasteiger partial charge in [0.1, 0.15) is 45.5 Å². The van der Waals surface area contributed by atoms with Crippen molar-refractivity contribution in [1.82, 2.24) is 0 Å². The molecule has 1 heterocycles. The van der Waals surface area contributed by atoms with Crippen molar-refractivity contribution in [2.24, 2.45) is 17.3 Å². The van der Waals surface area contributed by atoms with Crippen LogP contribution in [0.1, 0.15) is 90.2 Å². The first kappa shape index (κ1) is 30.7. The van der Waals surface area contributed by atoms with Crippen LogP contribution in [0.4, 0.5) is 0 Å². The van der Waals surface area contributed by atoms with Crippen LogP contribution in [0, 0.1) is 17.3 Å². The summed E-state index contributed by atoms with van der Waals surface area (Å²) in [4.78, 5) is 39.4. The van der Waals surface area contributed by atoms with E-state index in [2.05, 4.69) is 0 Å². The Bertz CT molecular complexity index is 1410. The summed E-state index contributed by atoms with van der Waals surface area (Å²) in [5.74, 6) is -5.04. The fraction of sp³-hybridized carbons (Fsp3) is 0.469. The Morgan fingerprint density at radius 2 is 1.52 bits per heavy atom.